The van der Waals surface area contributed by atoms with Gasteiger partial charge < -0.3 is 9.47 Å². The Balaban J connectivity index is 1.61. The van der Waals surface area contributed by atoms with E-state index in [0.29, 0.717) is 23.8 Å². The van der Waals surface area contributed by atoms with Gasteiger partial charge in [0, 0.05) is 6.16 Å². The molecule has 0 saturated heterocycles. The summed E-state index contributed by atoms with van der Waals surface area (Å²) in [5, 5.41) is 0. The molecule has 0 amide bonds. The molecule has 0 bridgehead atoms. The molecule has 0 aromatic heterocycles. The van der Waals surface area contributed by atoms with Gasteiger partial charge in [0.2, 0.25) is 0 Å². The van der Waals surface area contributed by atoms with Crippen molar-refractivity contribution in [3.05, 3.63) is 0 Å². The second-order valence-electron chi connectivity index (χ2n) is 6.84. The predicted octanol–water partition coefficient (Wildman–Crippen LogP) is 2.57. The summed E-state index contributed by atoms with van der Waals surface area (Å²) in [6, 6.07) is 0. The summed E-state index contributed by atoms with van der Waals surface area (Å²) in [6.45, 7) is 6.61. The summed E-state index contributed by atoms with van der Waals surface area (Å²) in [4.78, 5) is 11.1. The summed E-state index contributed by atoms with van der Waals surface area (Å²) >= 11 is 0. The van der Waals surface area contributed by atoms with E-state index in [1.807, 2.05) is 0 Å². The molecule has 2 fully saturated rings. The second-order valence-corrected chi connectivity index (χ2v) is 7.25. The van der Waals surface area contributed by atoms with E-state index in [0.717, 1.165) is 12.8 Å². The fourth-order valence-electron chi connectivity index (χ4n) is 3.12. The van der Waals surface area contributed by atoms with Crippen LogP contribution in [0, 0.1) is 5.41 Å². The Hall–Kier alpha value is 0.0200. The van der Waals surface area contributed by atoms with Crippen molar-refractivity contribution in [2.24, 2.45) is 5.41 Å². The number of ketones is 1. The number of carbonyl (C=O) groups is 1. The molecule has 104 valence electrons. The van der Waals surface area contributed by atoms with Gasteiger partial charge in [-0.2, -0.15) is 0 Å². The fourth-order valence-corrected chi connectivity index (χ4v) is 3.23. The van der Waals surface area contributed by atoms with Crippen LogP contribution < -0.4 is 0 Å². The van der Waals surface area contributed by atoms with E-state index >= 15 is 0 Å². The lowest BCUT2D eigenvalue weighted by Gasteiger charge is -2.57. The second kappa shape index (κ2) is 5.19. The first-order chi connectivity index (χ1) is 8.32. The molecule has 0 N–H and O–H groups in total. The van der Waals surface area contributed by atoms with E-state index in [2.05, 4.69) is 30.0 Å². The topological polar surface area (TPSA) is 35.5 Å². The van der Waals surface area contributed by atoms with Crippen LogP contribution in [0.25, 0.3) is 0 Å². The molecule has 4 heteroatoms. The molecule has 0 radical (unpaired) electrons. The highest BCUT2D eigenvalue weighted by Crippen LogP contribution is 2.58. The van der Waals surface area contributed by atoms with Gasteiger partial charge in [-0.1, -0.05) is 0 Å². The van der Waals surface area contributed by atoms with Gasteiger partial charge in [-0.05, 0) is 51.9 Å². The van der Waals surface area contributed by atoms with Crippen LogP contribution in [0.4, 0.5) is 0 Å². The molecular weight excluding hydrogens is 247 g/mol. The van der Waals surface area contributed by atoms with E-state index in [-0.39, 0.29) is 18.0 Å². The maximum atomic E-state index is 11.1. The number of Topliss-reactive ketones (excluding diaryl/α,β-unsaturated/α-hetero) is 1. The first-order valence-electron chi connectivity index (χ1n) is 6.83. The maximum Gasteiger partial charge on any atom is 0.162 e. The summed E-state index contributed by atoms with van der Waals surface area (Å²) in [6.07, 6.45) is 5.80. The van der Waals surface area contributed by atoms with Gasteiger partial charge in [-0.15, -0.1) is 9.24 Å². The molecule has 1 atom stereocenters. The van der Waals surface area contributed by atoms with Crippen molar-refractivity contribution >= 4 is 15.0 Å². The van der Waals surface area contributed by atoms with Gasteiger partial charge in [0.05, 0.1) is 17.8 Å². The Bertz CT molecular complexity index is 307. The lowest BCUT2D eigenvalue weighted by atomic mass is 9.53. The normalized spacial score (nSPS) is 35.1. The fraction of sp³-hybridized carbons (Fsp3) is 0.929. The Labute approximate surface area is 112 Å². The third kappa shape index (κ3) is 3.53. The molecule has 2 rings (SSSR count). The molecule has 18 heavy (non-hydrogen) atoms. The van der Waals surface area contributed by atoms with Crippen LogP contribution in [0.1, 0.15) is 46.5 Å². The van der Waals surface area contributed by atoms with E-state index < -0.39 is 0 Å². The molecule has 1 unspecified atom stereocenters. The summed E-state index contributed by atoms with van der Waals surface area (Å²) < 4.78 is 11.6. The molecule has 0 heterocycles. The largest absolute Gasteiger partial charge is 0.373 e. The Morgan fingerprint density at radius 2 is 1.78 bits per heavy atom. The van der Waals surface area contributed by atoms with Crippen LogP contribution in [0.5, 0.6) is 0 Å². The lowest BCUT2D eigenvalue weighted by Crippen LogP contribution is -2.55. The van der Waals surface area contributed by atoms with Crippen molar-refractivity contribution in [3.63, 3.8) is 0 Å². The molecule has 0 aliphatic heterocycles. The molecule has 2 aliphatic carbocycles. The molecule has 2 saturated carbocycles. The Morgan fingerprint density at radius 1 is 1.22 bits per heavy atom. The van der Waals surface area contributed by atoms with E-state index in [9.17, 15) is 4.79 Å². The van der Waals surface area contributed by atoms with Crippen LogP contribution in [0.3, 0.4) is 0 Å². The minimum Gasteiger partial charge on any atom is -0.373 e. The number of hydrogen-bond acceptors (Lipinski definition) is 3. The van der Waals surface area contributed by atoms with Gasteiger partial charge in [-0.25, -0.2) is 0 Å². The minimum absolute atomic E-state index is 0.0306. The Kier molecular flexibility index (Phi) is 4.16. The highest BCUT2D eigenvalue weighted by molar-refractivity contribution is 7.18. The van der Waals surface area contributed by atoms with Gasteiger partial charge in [0.25, 0.3) is 0 Å². The van der Waals surface area contributed by atoms with Crippen LogP contribution in [0.15, 0.2) is 0 Å². The van der Waals surface area contributed by atoms with Crippen molar-refractivity contribution < 1.29 is 14.3 Å². The van der Waals surface area contributed by atoms with Crippen LogP contribution in [-0.2, 0) is 14.3 Å². The Morgan fingerprint density at radius 3 is 2.28 bits per heavy atom. The molecular formula is C14H25O3P. The highest BCUT2D eigenvalue weighted by atomic mass is 31.0. The monoisotopic (exact) mass is 272 g/mol. The highest BCUT2D eigenvalue weighted by Gasteiger charge is 2.54. The summed E-state index contributed by atoms with van der Waals surface area (Å²) in [5.74, 6) is 0.170. The van der Waals surface area contributed by atoms with Crippen LogP contribution in [0.2, 0.25) is 0 Å². The van der Waals surface area contributed by atoms with Gasteiger partial charge >= 0.3 is 0 Å². The number of carbonyl (C=O) groups excluding carboxylic acids is 1. The smallest absolute Gasteiger partial charge is 0.162 e. The SMILES string of the molecule is CC(C)(C)OC1CC2(CC(OCC(=O)CP)C2)C1. The van der Waals surface area contributed by atoms with Gasteiger partial charge in [0.15, 0.2) is 5.78 Å². The molecule has 1 spiro atoms. The average molecular weight is 272 g/mol. The van der Waals surface area contributed by atoms with Gasteiger partial charge in [-0.3, -0.25) is 4.79 Å². The third-order valence-electron chi connectivity index (χ3n) is 3.87. The van der Waals surface area contributed by atoms with Crippen molar-refractivity contribution in [3.8, 4) is 0 Å². The zero-order valence-corrected chi connectivity index (χ0v) is 12.9. The lowest BCUT2D eigenvalue weighted by molar-refractivity contribution is -0.201. The maximum absolute atomic E-state index is 11.1. The van der Waals surface area contributed by atoms with Crippen molar-refractivity contribution in [2.45, 2.75) is 64.3 Å². The zero-order valence-electron chi connectivity index (χ0n) is 11.7. The van der Waals surface area contributed by atoms with Gasteiger partial charge in [0.1, 0.15) is 6.61 Å². The standard InChI is InChI=1S/C14H25O3P/c1-13(2,3)17-12-6-14(7-12)4-11(5-14)16-8-10(15)9-18/h11-12H,4-9,18H2,1-3H3. The first-order valence-corrected chi connectivity index (χ1v) is 7.65. The first kappa shape index (κ1) is 14.4. The predicted molar refractivity (Wildman–Crippen MR) is 74.9 cm³/mol. The number of rotatable bonds is 5. The van der Waals surface area contributed by atoms with Crippen LogP contribution >= 0.6 is 9.24 Å². The minimum atomic E-state index is -0.0306. The molecule has 2 aliphatic rings. The van der Waals surface area contributed by atoms with E-state index in [4.69, 9.17) is 9.47 Å². The van der Waals surface area contributed by atoms with Crippen LogP contribution in [-0.4, -0.2) is 36.4 Å². The summed E-state index contributed by atoms with van der Waals surface area (Å²) in [7, 11) is 2.44. The molecule has 0 aromatic rings. The molecule has 0 aromatic carbocycles. The number of hydrogen-bond donors (Lipinski definition) is 0. The summed E-state index contributed by atoms with van der Waals surface area (Å²) in [5.41, 5.74) is 0.446. The average Bonchev–Trinajstić information content (AvgIpc) is 2.15. The zero-order chi connectivity index (χ0) is 13.4. The van der Waals surface area contributed by atoms with E-state index in [1.54, 1.807) is 0 Å². The van der Waals surface area contributed by atoms with E-state index in [1.165, 1.54) is 12.8 Å². The van der Waals surface area contributed by atoms with Crippen molar-refractivity contribution in [2.75, 3.05) is 12.8 Å². The number of ether oxygens (including phenoxy) is 2. The van der Waals surface area contributed by atoms with Crippen molar-refractivity contribution in [1.29, 1.82) is 0 Å². The quantitative estimate of drug-likeness (QED) is 0.722. The third-order valence-corrected chi connectivity index (χ3v) is 4.33. The molecule has 3 nitrogen and oxygen atoms in total. The van der Waals surface area contributed by atoms with Crippen molar-refractivity contribution in [1.82, 2.24) is 0 Å².